The minimum absolute atomic E-state index is 0.0224. The molecule has 2 aromatic carbocycles. The molecule has 11 nitrogen and oxygen atoms in total. The minimum atomic E-state index is -2.87. The highest BCUT2D eigenvalue weighted by Crippen LogP contribution is 2.38. The van der Waals surface area contributed by atoms with E-state index in [1.165, 1.54) is 39.4 Å². The Bertz CT molecular complexity index is 1570. The van der Waals surface area contributed by atoms with Crippen molar-refractivity contribution in [2.24, 2.45) is 0 Å². The monoisotopic (exact) mass is 578 g/mol. The number of hydrogen-bond donors (Lipinski definition) is 4. The summed E-state index contributed by atoms with van der Waals surface area (Å²) < 4.78 is 65.4. The van der Waals surface area contributed by atoms with Crippen LogP contribution in [0.25, 0.3) is 0 Å². The van der Waals surface area contributed by atoms with Gasteiger partial charge in [0.2, 0.25) is 17.8 Å². The average molecular weight is 579 g/mol. The maximum Gasteiger partial charge on any atom is 0.247 e. The van der Waals surface area contributed by atoms with Gasteiger partial charge in [-0.25, -0.2) is 14.4 Å². The van der Waals surface area contributed by atoms with Crippen LogP contribution < -0.4 is 25.6 Å². The lowest BCUT2D eigenvalue weighted by Gasteiger charge is -2.26. The fraction of sp³-hybridized carbons (Fsp3) is 0.333. The summed E-state index contributed by atoms with van der Waals surface area (Å²) in [6.45, 7) is 0.295. The molecule has 3 rings (SSSR count). The molecule has 1 aromatic heterocycles. The number of halogens is 2. The minimum Gasteiger partial charge on any atom is -0.494 e. The van der Waals surface area contributed by atoms with Crippen LogP contribution in [-0.4, -0.2) is 72.1 Å². The van der Waals surface area contributed by atoms with Crippen molar-refractivity contribution < 1.29 is 27.3 Å². The maximum atomic E-state index is 14.2. The molecule has 0 aliphatic rings. The Morgan fingerprint density at radius 3 is 2.45 bits per heavy atom. The number of methoxy groups -OCH3 is 1. The Kier molecular flexibility index (Phi) is 7.35. The van der Waals surface area contributed by atoms with Crippen molar-refractivity contribution in [3.05, 3.63) is 59.7 Å². The van der Waals surface area contributed by atoms with Gasteiger partial charge in [0.25, 0.3) is 0 Å². The summed E-state index contributed by atoms with van der Waals surface area (Å²) >= 11 is 5.98. The van der Waals surface area contributed by atoms with Gasteiger partial charge in [0.15, 0.2) is 0 Å². The molecule has 0 saturated heterocycles. The number of carbonyl (C=O) groups excluding carboxylic acids is 1. The molecule has 1 heterocycles. The molecule has 13 heteroatoms. The SMILES string of the molecule is [2H]C([2H])([2H])N(CCN(C)c1cc(OC)c(Nc2ncnc(Nc3cc(Cl)c(F)cc3C(C)(C)O)n2)cc1NC(=O)C=C)C([2H])([2H])[2H]. The largest absolute Gasteiger partial charge is 0.494 e. The molecule has 0 aliphatic carbocycles. The van der Waals surface area contributed by atoms with Crippen molar-refractivity contribution in [2.75, 3.05) is 62.0 Å². The van der Waals surface area contributed by atoms with E-state index < -0.39 is 31.3 Å². The van der Waals surface area contributed by atoms with Crippen molar-refractivity contribution >= 4 is 52.2 Å². The molecule has 0 spiro atoms. The third-order valence-corrected chi connectivity index (χ3v) is 5.91. The van der Waals surface area contributed by atoms with E-state index in [9.17, 15) is 14.3 Å². The first kappa shape index (κ1) is 22.8. The molecular formula is C27H34ClFN8O3. The molecule has 0 aliphatic heterocycles. The zero-order chi connectivity index (χ0) is 34.6. The number of benzene rings is 2. The number of anilines is 6. The van der Waals surface area contributed by atoms with Crippen molar-refractivity contribution in [3.63, 3.8) is 0 Å². The molecule has 0 atom stereocenters. The Hall–Kier alpha value is -4.00. The molecule has 0 saturated carbocycles. The van der Waals surface area contributed by atoms with Gasteiger partial charge in [-0.1, -0.05) is 18.2 Å². The summed E-state index contributed by atoms with van der Waals surface area (Å²) in [5.74, 6) is -0.956. The Morgan fingerprint density at radius 2 is 1.85 bits per heavy atom. The summed E-state index contributed by atoms with van der Waals surface area (Å²) in [5.41, 5.74) is -0.0640. The molecule has 0 unspecified atom stereocenters. The van der Waals surface area contributed by atoms with Crippen molar-refractivity contribution in [1.29, 1.82) is 0 Å². The first-order valence-electron chi connectivity index (χ1n) is 14.8. The van der Waals surface area contributed by atoms with Gasteiger partial charge in [0, 0.05) is 45.7 Å². The van der Waals surface area contributed by atoms with E-state index in [4.69, 9.17) is 24.6 Å². The van der Waals surface area contributed by atoms with E-state index in [2.05, 4.69) is 37.5 Å². The number of carbonyl (C=O) groups is 1. The van der Waals surface area contributed by atoms with Crippen LogP contribution in [0, 0.1) is 5.82 Å². The lowest BCUT2D eigenvalue weighted by atomic mass is 9.96. The fourth-order valence-electron chi connectivity index (χ4n) is 3.62. The molecule has 3 aromatic rings. The van der Waals surface area contributed by atoms with Gasteiger partial charge in [0.05, 0.1) is 34.8 Å². The molecule has 1 amide bonds. The van der Waals surface area contributed by atoms with E-state index in [0.717, 1.165) is 12.1 Å². The molecule has 0 radical (unpaired) electrons. The van der Waals surface area contributed by atoms with Gasteiger partial charge in [-0.15, -0.1) is 0 Å². The maximum absolute atomic E-state index is 14.2. The predicted molar refractivity (Wildman–Crippen MR) is 157 cm³/mol. The smallest absolute Gasteiger partial charge is 0.247 e. The second kappa shape index (κ2) is 12.9. The average Bonchev–Trinajstić information content (AvgIpc) is 2.93. The van der Waals surface area contributed by atoms with Crippen LogP contribution in [0.3, 0.4) is 0 Å². The summed E-state index contributed by atoms with van der Waals surface area (Å²) in [4.78, 5) is 26.9. The number of rotatable bonds is 12. The number of nitrogens with zero attached hydrogens (tertiary/aromatic N) is 5. The van der Waals surface area contributed by atoms with Gasteiger partial charge in [-0.2, -0.15) is 4.98 Å². The number of aliphatic hydroxyl groups is 1. The normalized spacial score (nSPS) is 14.1. The zero-order valence-corrected chi connectivity index (χ0v) is 23.1. The fourth-order valence-corrected chi connectivity index (χ4v) is 3.78. The van der Waals surface area contributed by atoms with Gasteiger partial charge in [-0.3, -0.25) is 4.79 Å². The molecule has 214 valence electrons. The van der Waals surface area contributed by atoms with Gasteiger partial charge in [0.1, 0.15) is 17.9 Å². The highest BCUT2D eigenvalue weighted by molar-refractivity contribution is 6.31. The molecule has 0 fully saturated rings. The standard InChI is InChI=1S/C27H34ClFN8O3/c1-8-24(38)32-20-13-21(23(40-7)14-22(20)37(6)10-9-36(4)5)34-26-31-15-30-25(35-26)33-19-12-17(28)18(29)11-16(19)27(2,3)39/h8,11-15,39H,1,9-10H2,2-7H3,(H,32,38)(H2,30,31,33,34,35)/i4D3,5D3. The van der Waals surface area contributed by atoms with Crippen LogP contribution >= 0.6 is 11.6 Å². The number of amides is 1. The third kappa shape index (κ3) is 7.78. The Morgan fingerprint density at radius 1 is 1.18 bits per heavy atom. The zero-order valence-electron chi connectivity index (χ0n) is 28.3. The van der Waals surface area contributed by atoms with Gasteiger partial charge in [-0.05, 0) is 52.1 Å². The number of likely N-dealkylation sites (N-methyl/N-ethyl adjacent to an activating group) is 2. The highest BCUT2D eigenvalue weighted by Gasteiger charge is 2.23. The van der Waals surface area contributed by atoms with Crippen LogP contribution in [0.15, 0.2) is 43.2 Å². The van der Waals surface area contributed by atoms with Crippen LogP contribution in [0.2, 0.25) is 5.02 Å². The van der Waals surface area contributed by atoms with Crippen LogP contribution in [0.4, 0.5) is 39.0 Å². The summed E-state index contributed by atoms with van der Waals surface area (Å²) in [5, 5.41) is 18.9. The van der Waals surface area contributed by atoms with Crippen molar-refractivity contribution in [3.8, 4) is 5.75 Å². The first-order valence-corrected chi connectivity index (χ1v) is 12.2. The lowest BCUT2D eigenvalue weighted by Crippen LogP contribution is -2.29. The van der Waals surface area contributed by atoms with E-state index in [-0.39, 0.29) is 52.7 Å². The number of nitrogens with one attached hydrogen (secondary N) is 3. The summed E-state index contributed by atoms with van der Waals surface area (Å²) in [6.07, 6.45) is 2.25. The van der Waals surface area contributed by atoms with Crippen LogP contribution in [-0.2, 0) is 10.4 Å². The van der Waals surface area contributed by atoms with Gasteiger partial charge < -0.3 is 35.6 Å². The number of ether oxygens (including phenoxy) is 1. The van der Waals surface area contributed by atoms with E-state index in [0.29, 0.717) is 16.3 Å². The number of hydrogen-bond acceptors (Lipinski definition) is 10. The Labute approximate surface area is 246 Å². The van der Waals surface area contributed by atoms with Gasteiger partial charge >= 0.3 is 0 Å². The first-order chi connectivity index (χ1) is 21.2. The topological polar surface area (TPSA) is 128 Å². The van der Waals surface area contributed by atoms with E-state index in [1.807, 2.05) is 0 Å². The van der Waals surface area contributed by atoms with E-state index >= 15 is 0 Å². The predicted octanol–water partition coefficient (Wildman–Crippen LogP) is 4.51. The molecular weight excluding hydrogens is 539 g/mol. The molecule has 4 N–H and O–H groups in total. The summed E-state index contributed by atoms with van der Waals surface area (Å²) in [7, 11) is 2.99. The van der Waals surface area contributed by atoms with Crippen molar-refractivity contribution in [2.45, 2.75) is 19.4 Å². The molecule has 40 heavy (non-hydrogen) atoms. The second-order valence-corrected chi connectivity index (χ2v) is 9.50. The number of aromatic nitrogens is 3. The quantitative estimate of drug-likeness (QED) is 0.228. The molecule has 0 bridgehead atoms. The van der Waals surface area contributed by atoms with Crippen LogP contribution in [0.5, 0.6) is 5.75 Å². The highest BCUT2D eigenvalue weighted by atomic mass is 35.5. The summed E-state index contributed by atoms with van der Waals surface area (Å²) in [6, 6.07) is 5.47. The lowest BCUT2D eigenvalue weighted by molar-refractivity contribution is -0.111. The second-order valence-electron chi connectivity index (χ2n) is 9.09. The van der Waals surface area contributed by atoms with Crippen molar-refractivity contribution in [1.82, 2.24) is 19.9 Å². The Balaban J connectivity index is 1.97. The van der Waals surface area contributed by atoms with Crippen LogP contribution in [0.1, 0.15) is 27.6 Å². The third-order valence-electron chi connectivity index (χ3n) is 5.62. The van der Waals surface area contributed by atoms with E-state index in [1.54, 1.807) is 18.0 Å².